The fraction of sp³-hybridized carbons (Fsp3) is 0.364. The Balaban J connectivity index is 2.55. The lowest BCUT2D eigenvalue weighted by molar-refractivity contribution is 0.0983. The maximum absolute atomic E-state index is 11.7. The van der Waals surface area contributed by atoms with E-state index in [1.165, 1.54) is 0 Å². The van der Waals surface area contributed by atoms with E-state index in [-0.39, 0.29) is 5.78 Å². The van der Waals surface area contributed by atoms with E-state index in [9.17, 15) is 4.79 Å². The lowest BCUT2D eigenvalue weighted by atomic mass is 10.1. The molecule has 0 aliphatic carbocycles. The molecule has 2 rings (SSSR count). The fourth-order valence-electron chi connectivity index (χ4n) is 1.60. The van der Waals surface area contributed by atoms with E-state index < -0.39 is 0 Å². The van der Waals surface area contributed by atoms with Gasteiger partial charge in [-0.3, -0.25) is 4.79 Å². The maximum atomic E-state index is 11.7. The second-order valence-electron chi connectivity index (χ2n) is 3.33. The number of methoxy groups -OCH3 is 1. The van der Waals surface area contributed by atoms with Crippen molar-refractivity contribution in [3.05, 3.63) is 22.2 Å². The zero-order valence-electron chi connectivity index (χ0n) is 8.38. The van der Waals surface area contributed by atoms with Crippen molar-refractivity contribution in [3.63, 3.8) is 0 Å². The molecule has 80 valence electrons. The highest BCUT2D eigenvalue weighted by molar-refractivity contribution is 9.10. The Morgan fingerprint density at radius 3 is 3.00 bits per heavy atom. The summed E-state index contributed by atoms with van der Waals surface area (Å²) in [6, 6.07) is 3.53. The average molecular weight is 271 g/mol. The number of hydrogen-bond donors (Lipinski definition) is 0. The third-order valence-corrected chi connectivity index (χ3v) is 3.13. The minimum absolute atomic E-state index is 0.130. The lowest BCUT2D eigenvalue weighted by Crippen LogP contribution is -1.99. The van der Waals surface area contributed by atoms with Crippen LogP contribution in [-0.4, -0.2) is 19.5 Å². The van der Waals surface area contributed by atoms with Gasteiger partial charge >= 0.3 is 0 Å². The number of benzene rings is 1. The van der Waals surface area contributed by atoms with E-state index in [0.717, 1.165) is 10.9 Å². The Morgan fingerprint density at radius 1 is 1.47 bits per heavy atom. The van der Waals surface area contributed by atoms with Crippen LogP contribution in [0, 0.1) is 0 Å². The average Bonchev–Trinajstić information content (AvgIpc) is 2.42. The number of hydrogen-bond acceptors (Lipinski definition) is 3. The van der Waals surface area contributed by atoms with Gasteiger partial charge in [-0.1, -0.05) is 0 Å². The Kier molecular flexibility index (Phi) is 2.95. The molecule has 0 saturated heterocycles. The molecule has 1 heterocycles. The molecule has 0 atom stereocenters. The van der Waals surface area contributed by atoms with Crippen molar-refractivity contribution < 1.29 is 14.3 Å². The van der Waals surface area contributed by atoms with Gasteiger partial charge in [0.25, 0.3) is 0 Å². The molecule has 4 heteroatoms. The smallest absolute Gasteiger partial charge is 0.166 e. The third-order valence-electron chi connectivity index (χ3n) is 2.38. The molecule has 0 aromatic heterocycles. The first-order valence-corrected chi connectivity index (χ1v) is 5.56. The molecule has 0 fully saturated rings. The molecule has 0 bridgehead atoms. The molecular weight excluding hydrogens is 260 g/mol. The molecule has 1 aliphatic rings. The molecule has 0 unspecified atom stereocenters. The number of ketones is 1. The van der Waals surface area contributed by atoms with Crippen LogP contribution < -0.4 is 9.47 Å². The predicted octanol–water partition coefficient (Wildman–Crippen LogP) is 2.81. The highest BCUT2D eigenvalue weighted by atomic mass is 79.9. The standard InChI is InChI=1S/C11H11BrO3/c1-14-9-5-4-7-8(13)3-2-6-15-11(7)10(9)12/h4-5H,2-3,6H2,1H3. The van der Waals surface area contributed by atoms with Crippen LogP contribution in [0.15, 0.2) is 16.6 Å². The maximum Gasteiger partial charge on any atom is 0.166 e. The van der Waals surface area contributed by atoms with Crippen LogP contribution in [0.25, 0.3) is 0 Å². The molecule has 0 N–H and O–H groups in total. The van der Waals surface area contributed by atoms with Crippen LogP contribution in [0.5, 0.6) is 11.5 Å². The molecule has 1 aromatic carbocycles. The van der Waals surface area contributed by atoms with E-state index in [2.05, 4.69) is 15.9 Å². The third kappa shape index (κ3) is 1.86. The number of carbonyl (C=O) groups excluding carboxylic acids is 1. The highest BCUT2D eigenvalue weighted by Crippen LogP contribution is 2.39. The van der Waals surface area contributed by atoms with Gasteiger partial charge in [0, 0.05) is 6.42 Å². The monoisotopic (exact) mass is 270 g/mol. The van der Waals surface area contributed by atoms with Gasteiger partial charge in [-0.2, -0.15) is 0 Å². The summed E-state index contributed by atoms with van der Waals surface area (Å²) in [6.45, 7) is 0.574. The Hall–Kier alpha value is -1.03. The number of halogens is 1. The minimum atomic E-state index is 0.130. The highest BCUT2D eigenvalue weighted by Gasteiger charge is 2.21. The molecule has 1 aromatic rings. The number of Topliss-reactive ketones (excluding diaryl/α,β-unsaturated/α-hetero) is 1. The van der Waals surface area contributed by atoms with E-state index in [0.29, 0.717) is 30.1 Å². The van der Waals surface area contributed by atoms with Crippen molar-refractivity contribution in [2.24, 2.45) is 0 Å². The second-order valence-corrected chi connectivity index (χ2v) is 4.13. The molecule has 3 nitrogen and oxygen atoms in total. The Morgan fingerprint density at radius 2 is 2.27 bits per heavy atom. The summed E-state index contributed by atoms with van der Waals surface area (Å²) in [4.78, 5) is 11.7. The minimum Gasteiger partial charge on any atom is -0.495 e. The quantitative estimate of drug-likeness (QED) is 0.787. The van der Waals surface area contributed by atoms with Crippen LogP contribution >= 0.6 is 15.9 Å². The van der Waals surface area contributed by atoms with E-state index in [1.54, 1.807) is 19.2 Å². The zero-order valence-corrected chi connectivity index (χ0v) is 9.96. The number of fused-ring (bicyclic) bond motifs is 1. The Labute approximate surface area is 96.5 Å². The predicted molar refractivity (Wildman–Crippen MR) is 59.8 cm³/mol. The van der Waals surface area contributed by atoms with Gasteiger partial charge in [0.1, 0.15) is 16.0 Å². The fourth-order valence-corrected chi connectivity index (χ4v) is 2.22. The Bertz CT molecular complexity index is 401. The first kappa shape index (κ1) is 10.5. The number of rotatable bonds is 1. The topological polar surface area (TPSA) is 35.5 Å². The second kappa shape index (κ2) is 4.23. The van der Waals surface area contributed by atoms with Crippen molar-refractivity contribution in [3.8, 4) is 11.5 Å². The zero-order chi connectivity index (χ0) is 10.8. The summed E-state index contributed by atoms with van der Waals surface area (Å²) >= 11 is 3.39. The molecule has 1 aliphatic heterocycles. The first-order valence-electron chi connectivity index (χ1n) is 4.76. The SMILES string of the molecule is COc1ccc2c(c1Br)OCCCC2=O. The van der Waals surface area contributed by atoms with Crippen LogP contribution in [-0.2, 0) is 0 Å². The molecule has 0 saturated carbocycles. The van der Waals surface area contributed by atoms with Gasteiger partial charge in [0.2, 0.25) is 0 Å². The van der Waals surface area contributed by atoms with E-state index in [4.69, 9.17) is 9.47 Å². The molecule has 0 radical (unpaired) electrons. The van der Waals surface area contributed by atoms with Crippen molar-refractivity contribution in [2.45, 2.75) is 12.8 Å². The number of carbonyl (C=O) groups is 1. The van der Waals surface area contributed by atoms with Gasteiger partial charge in [-0.05, 0) is 34.5 Å². The van der Waals surface area contributed by atoms with Gasteiger partial charge in [0.05, 0.1) is 19.3 Å². The van der Waals surface area contributed by atoms with Crippen LogP contribution in [0.3, 0.4) is 0 Å². The van der Waals surface area contributed by atoms with Crippen molar-refractivity contribution in [1.29, 1.82) is 0 Å². The van der Waals surface area contributed by atoms with Gasteiger partial charge < -0.3 is 9.47 Å². The largest absolute Gasteiger partial charge is 0.495 e. The van der Waals surface area contributed by atoms with Gasteiger partial charge in [-0.15, -0.1) is 0 Å². The normalized spacial score (nSPS) is 15.2. The summed E-state index contributed by atoms with van der Waals surface area (Å²) in [6.07, 6.45) is 1.31. The van der Waals surface area contributed by atoms with Crippen LogP contribution in [0.1, 0.15) is 23.2 Å². The van der Waals surface area contributed by atoms with Crippen LogP contribution in [0.4, 0.5) is 0 Å². The molecule has 15 heavy (non-hydrogen) atoms. The summed E-state index contributed by atoms with van der Waals surface area (Å²) in [5.74, 6) is 1.42. The molecule has 0 spiro atoms. The van der Waals surface area contributed by atoms with Crippen molar-refractivity contribution in [1.82, 2.24) is 0 Å². The van der Waals surface area contributed by atoms with Crippen molar-refractivity contribution in [2.75, 3.05) is 13.7 Å². The number of ether oxygens (including phenoxy) is 2. The van der Waals surface area contributed by atoms with E-state index >= 15 is 0 Å². The first-order chi connectivity index (χ1) is 7.24. The van der Waals surface area contributed by atoms with Crippen molar-refractivity contribution >= 4 is 21.7 Å². The molecule has 0 amide bonds. The summed E-state index contributed by atoms with van der Waals surface area (Å²) in [7, 11) is 1.59. The van der Waals surface area contributed by atoms with Crippen LogP contribution in [0.2, 0.25) is 0 Å². The lowest BCUT2D eigenvalue weighted by Gasteiger charge is -2.11. The van der Waals surface area contributed by atoms with E-state index in [1.807, 2.05) is 0 Å². The van der Waals surface area contributed by atoms with Gasteiger partial charge in [-0.25, -0.2) is 0 Å². The van der Waals surface area contributed by atoms with Gasteiger partial charge in [0.15, 0.2) is 5.78 Å². The molecular formula is C11H11BrO3. The summed E-state index contributed by atoms with van der Waals surface area (Å²) in [5, 5.41) is 0. The summed E-state index contributed by atoms with van der Waals surface area (Å²) in [5.41, 5.74) is 0.639. The summed E-state index contributed by atoms with van der Waals surface area (Å²) < 4.78 is 11.4.